The summed E-state index contributed by atoms with van der Waals surface area (Å²) in [5.74, 6) is 0. The summed E-state index contributed by atoms with van der Waals surface area (Å²) in [5.41, 5.74) is 0. The van der Waals surface area contributed by atoms with Crippen molar-refractivity contribution in [1.82, 2.24) is 0 Å². The van der Waals surface area contributed by atoms with Gasteiger partial charge in [-0.2, -0.15) is 0 Å². The van der Waals surface area contributed by atoms with Crippen LogP contribution in [0.4, 0.5) is 0 Å². The van der Waals surface area contributed by atoms with Gasteiger partial charge in [0.25, 0.3) is 0 Å². The third-order valence-electron chi connectivity index (χ3n) is 0. The van der Waals surface area contributed by atoms with E-state index < -0.39 is 0 Å². The summed E-state index contributed by atoms with van der Waals surface area (Å²) < 4.78 is 4.69. The van der Waals surface area contributed by atoms with Gasteiger partial charge in [-0.15, -0.1) is 0 Å². The molecule has 0 unspecified atom stereocenters. The van der Waals surface area contributed by atoms with Crippen molar-refractivity contribution < 1.29 is 68.3 Å². The SMILES string of the molecule is O.O.[Cr].[Gd].[NH2][GaH2]. The van der Waals surface area contributed by atoms with Gasteiger partial charge in [-0.3, -0.25) is 0 Å². The molecule has 6 heteroatoms. The standard InChI is InChI=1S/Cr.Ga.Gd.H2N.2H2O.2H/h;;;3*1H2;;/q;+1;;-1;;;;. The molecule has 6 heavy (non-hydrogen) atoms. The minimum atomic E-state index is 0. The molecule has 0 spiro atoms. The van der Waals surface area contributed by atoms with Gasteiger partial charge in [0.1, 0.15) is 0 Å². The van der Waals surface area contributed by atoms with Crippen LogP contribution in [0.1, 0.15) is 0 Å². The second-order valence-electron chi connectivity index (χ2n) is 0. The van der Waals surface area contributed by atoms with E-state index in [0.29, 0.717) is 18.8 Å². The van der Waals surface area contributed by atoms with Crippen molar-refractivity contribution in [3.05, 3.63) is 0 Å². The van der Waals surface area contributed by atoms with Gasteiger partial charge in [-0.1, -0.05) is 0 Å². The molecule has 0 aliphatic carbocycles. The molecule has 0 aromatic rings. The molecule has 0 aromatic carbocycles. The van der Waals surface area contributed by atoms with E-state index >= 15 is 0 Å². The van der Waals surface area contributed by atoms with Crippen LogP contribution in [0.3, 0.4) is 0 Å². The zero-order chi connectivity index (χ0) is 2.00. The van der Waals surface area contributed by atoms with Crippen LogP contribution in [0, 0.1) is 39.9 Å². The number of hydrogen-bond acceptors (Lipinski definition) is 1. The quantitative estimate of drug-likeness (QED) is 0.466. The summed E-state index contributed by atoms with van der Waals surface area (Å²) in [5, 5.41) is 0. The van der Waals surface area contributed by atoms with E-state index in [1.807, 2.05) is 0 Å². The average Bonchev–Trinajstić information content (AvgIpc) is 1.00. The van der Waals surface area contributed by atoms with Gasteiger partial charge in [0.05, 0.1) is 0 Å². The van der Waals surface area contributed by atoms with Crippen molar-refractivity contribution in [3.8, 4) is 0 Å². The Morgan fingerprint density at radius 2 is 1.00 bits per heavy atom. The van der Waals surface area contributed by atoms with Crippen LogP contribution in [0.5, 0.6) is 0 Å². The zero-order valence-corrected chi connectivity index (χ0v) is 11.1. The van der Waals surface area contributed by atoms with E-state index in [0.717, 1.165) is 0 Å². The van der Waals surface area contributed by atoms with E-state index in [-0.39, 0.29) is 68.3 Å². The Kier molecular flexibility index (Phi) is 354. The van der Waals surface area contributed by atoms with Crippen LogP contribution in [0.2, 0.25) is 0 Å². The minimum absolute atomic E-state index is 0. The van der Waals surface area contributed by atoms with Crippen LogP contribution in [-0.2, 0) is 17.4 Å². The summed E-state index contributed by atoms with van der Waals surface area (Å²) in [7, 11) is 0. The first-order chi connectivity index (χ1) is 1.00. The van der Waals surface area contributed by atoms with Crippen LogP contribution in [-0.4, -0.2) is 29.8 Å². The molecule has 0 rings (SSSR count). The molecule has 0 amide bonds. The first-order valence-electron chi connectivity index (χ1n) is 0.577. The Balaban J connectivity index is -0.000000000833. The fourth-order valence-corrected chi connectivity index (χ4v) is 0. The molecular weight excluding hydrogens is 325 g/mol. The van der Waals surface area contributed by atoms with Gasteiger partial charge < -0.3 is 11.0 Å². The molecule has 3 nitrogen and oxygen atoms in total. The van der Waals surface area contributed by atoms with Crippen molar-refractivity contribution in [2.45, 2.75) is 0 Å². The van der Waals surface area contributed by atoms with Crippen molar-refractivity contribution >= 4 is 18.8 Å². The number of hydrogen-bond donors (Lipinski definition) is 1. The molecule has 0 fully saturated rings. The fraction of sp³-hybridized carbons (Fsp3) is 0. The first-order valence-corrected chi connectivity index (χ1v) is 3.00. The predicted molar refractivity (Wildman–Crippen MR) is 20.0 cm³/mol. The van der Waals surface area contributed by atoms with Crippen molar-refractivity contribution in [3.63, 3.8) is 0 Å². The Morgan fingerprint density at radius 1 is 1.00 bits per heavy atom. The molecule has 0 aliphatic rings. The topological polar surface area (TPSA) is 89.0 Å². The van der Waals surface area contributed by atoms with Gasteiger partial charge >= 0.3 is 23.3 Å². The Hall–Kier alpha value is 2.37. The fourth-order valence-electron chi connectivity index (χ4n) is 0. The van der Waals surface area contributed by atoms with E-state index in [4.69, 9.17) is 0 Å². The second-order valence-corrected chi connectivity index (χ2v) is 0. The van der Waals surface area contributed by atoms with Crippen LogP contribution in [0.15, 0.2) is 0 Å². The van der Waals surface area contributed by atoms with Gasteiger partial charge in [0.15, 0.2) is 0 Å². The maximum atomic E-state index is 4.69. The van der Waals surface area contributed by atoms with Crippen LogP contribution >= 0.6 is 0 Å². The molecule has 0 aliphatic heterocycles. The summed E-state index contributed by atoms with van der Waals surface area (Å²) in [6.07, 6.45) is 0. The van der Waals surface area contributed by atoms with Crippen LogP contribution in [0.25, 0.3) is 0 Å². The first kappa shape index (κ1) is 40.0. The second kappa shape index (κ2) is 53.2. The predicted octanol–water partition coefficient (Wildman–Crippen LogP) is -3.16. The molecule has 0 bridgehead atoms. The van der Waals surface area contributed by atoms with E-state index in [1.165, 1.54) is 0 Å². The molecular formula is H8CrGaGdNO2. The maximum absolute atomic E-state index is 4.69. The van der Waals surface area contributed by atoms with E-state index in [1.54, 1.807) is 0 Å². The summed E-state index contributed by atoms with van der Waals surface area (Å²) in [6.45, 7) is 0. The molecule has 0 aromatic heterocycles. The van der Waals surface area contributed by atoms with Crippen molar-refractivity contribution in [1.29, 1.82) is 0 Å². The Morgan fingerprint density at radius 3 is 1.00 bits per heavy atom. The Labute approximate surface area is 90.0 Å². The van der Waals surface area contributed by atoms with E-state index in [2.05, 4.69) is 4.44 Å². The summed E-state index contributed by atoms with van der Waals surface area (Å²) in [6, 6.07) is 0. The molecule has 0 atom stereocenters. The number of rotatable bonds is 0. The van der Waals surface area contributed by atoms with Crippen molar-refractivity contribution in [2.75, 3.05) is 0 Å². The number of nitrogens with two attached hydrogens (primary N) is 1. The average molecular weight is 333 g/mol. The molecule has 0 radical (unpaired) electrons. The van der Waals surface area contributed by atoms with Gasteiger partial charge in [-0.05, 0) is 0 Å². The normalized spacial score (nSPS) is 0.833. The molecule has 0 saturated carbocycles. The molecule has 0 saturated heterocycles. The summed E-state index contributed by atoms with van der Waals surface area (Å²) in [4.78, 5) is 0. The van der Waals surface area contributed by atoms with Gasteiger partial charge in [0.2, 0.25) is 0 Å². The molecule has 42 valence electrons. The third kappa shape index (κ3) is 32.7. The monoisotopic (exact) mass is 333 g/mol. The van der Waals surface area contributed by atoms with Gasteiger partial charge in [0, 0.05) is 57.3 Å². The van der Waals surface area contributed by atoms with Gasteiger partial charge in [-0.25, -0.2) is 0 Å². The Bertz CT molecular complexity index is 13.5. The summed E-state index contributed by atoms with van der Waals surface area (Å²) >= 11 is 0.562. The molecule has 0 heterocycles. The van der Waals surface area contributed by atoms with Crippen molar-refractivity contribution in [2.24, 2.45) is 4.44 Å². The zero-order valence-electron chi connectivity index (χ0n) is 3.34. The molecule has 6 N–H and O–H groups in total. The third-order valence-corrected chi connectivity index (χ3v) is 0. The van der Waals surface area contributed by atoms with E-state index in [9.17, 15) is 0 Å². The van der Waals surface area contributed by atoms with Crippen LogP contribution < -0.4 is 4.44 Å².